The van der Waals surface area contributed by atoms with Crippen LogP contribution in [0, 0.1) is 0 Å². The topological polar surface area (TPSA) is 18.5 Å². The molecule has 98 valence electrons. The molecule has 0 heterocycles. The summed E-state index contributed by atoms with van der Waals surface area (Å²) in [5.41, 5.74) is 0.834. The van der Waals surface area contributed by atoms with Gasteiger partial charge < -0.3 is 9.47 Å². The minimum atomic E-state index is 0.576. The highest BCUT2D eigenvalue weighted by atomic mass is 35.5. The highest BCUT2D eigenvalue weighted by Crippen LogP contribution is 2.27. The fraction of sp³-hybridized carbons (Fsp3) is 0.0667. The van der Waals surface area contributed by atoms with Crippen LogP contribution < -0.4 is 9.47 Å². The predicted octanol–water partition coefficient (Wildman–Crippen LogP) is 5.05. The van der Waals surface area contributed by atoms with Crippen LogP contribution in [0.15, 0.2) is 48.7 Å². The number of hydrogen-bond donors (Lipinski definition) is 0. The summed E-state index contributed by atoms with van der Waals surface area (Å²) >= 11 is 11.9. The summed E-state index contributed by atoms with van der Waals surface area (Å²) in [6.45, 7) is 0. The van der Waals surface area contributed by atoms with Crippen molar-refractivity contribution in [1.29, 1.82) is 0 Å². The monoisotopic (exact) mass is 294 g/mol. The van der Waals surface area contributed by atoms with Crippen LogP contribution in [-0.4, -0.2) is 7.11 Å². The van der Waals surface area contributed by atoms with Crippen molar-refractivity contribution in [2.75, 3.05) is 7.11 Å². The van der Waals surface area contributed by atoms with Gasteiger partial charge in [-0.1, -0.05) is 41.4 Å². The first kappa shape index (κ1) is 13.8. The van der Waals surface area contributed by atoms with Crippen molar-refractivity contribution in [3.63, 3.8) is 0 Å². The van der Waals surface area contributed by atoms with Crippen molar-refractivity contribution in [3.8, 4) is 11.5 Å². The number of benzene rings is 2. The lowest BCUT2D eigenvalue weighted by atomic mass is 10.2. The summed E-state index contributed by atoms with van der Waals surface area (Å²) in [7, 11) is 1.60. The van der Waals surface area contributed by atoms with E-state index in [1.807, 2.05) is 30.3 Å². The van der Waals surface area contributed by atoms with Gasteiger partial charge in [-0.15, -0.1) is 0 Å². The number of para-hydroxylation sites is 2. The third-order valence-corrected chi connectivity index (χ3v) is 3.04. The van der Waals surface area contributed by atoms with Crippen LogP contribution in [0.5, 0.6) is 11.5 Å². The molecule has 0 atom stereocenters. The summed E-state index contributed by atoms with van der Waals surface area (Å²) in [4.78, 5) is 0. The van der Waals surface area contributed by atoms with E-state index in [-0.39, 0.29) is 0 Å². The largest absolute Gasteiger partial charge is 0.493 e. The lowest BCUT2D eigenvalue weighted by molar-refractivity contribution is 0.379. The van der Waals surface area contributed by atoms with Gasteiger partial charge in [0, 0.05) is 10.0 Å². The van der Waals surface area contributed by atoms with E-state index in [0.717, 1.165) is 5.56 Å². The normalized spacial score (nSPS) is 10.7. The summed E-state index contributed by atoms with van der Waals surface area (Å²) in [6.07, 6.45) is 3.33. The van der Waals surface area contributed by atoms with Crippen molar-refractivity contribution in [2.45, 2.75) is 0 Å². The van der Waals surface area contributed by atoms with Crippen LogP contribution >= 0.6 is 23.2 Å². The molecular weight excluding hydrogens is 283 g/mol. The lowest BCUT2D eigenvalue weighted by Crippen LogP contribution is -1.88. The quantitative estimate of drug-likeness (QED) is 0.735. The smallest absolute Gasteiger partial charge is 0.168 e. The van der Waals surface area contributed by atoms with Gasteiger partial charge in [0.25, 0.3) is 0 Å². The number of rotatable bonds is 4. The zero-order valence-corrected chi connectivity index (χ0v) is 11.8. The molecule has 0 spiro atoms. The van der Waals surface area contributed by atoms with E-state index in [1.54, 1.807) is 31.6 Å². The van der Waals surface area contributed by atoms with E-state index in [9.17, 15) is 0 Å². The molecule has 2 aromatic rings. The van der Waals surface area contributed by atoms with Gasteiger partial charge >= 0.3 is 0 Å². The molecule has 0 aliphatic rings. The number of ether oxygens (including phenoxy) is 2. The second-order valence-electron chi connectivity index (χ2n) is 3.74. The fourth-order valence-corrected chi connectivity index (χ4v) is 2.00. The van der Waals surface area contributed by atoms with Crippen LogP contribution in [0.1, 0.15) is 5.56 Å². The molecular formula is C15H12Cl2O2. The second-order valence-corrected chi connectivity index (χ2v) is 4.58. The Bertz CT molecular complexity index is 594. The molecule has 4 heteroatoms. The molecule has 2 aromatic carbocycles. The first-order chi connectivity index (χ1) is 9.20. The maximum absolute atomic E-state index is 6.05. The summed E-state index contributed by atoms with van der Waals surface area (Å²) in [5.74, 6) is 1.32. The maximum Gasteiger partial charge on any atom is 0.168 e. The van der Waals surface area contributed by atoms with Crippen molar-refractivity contribution in [3.05, 3.63) is 64.3 Å². The van der Waals surface area contributed by atoms with Gasteiger partial charge in [0.05, 0.1) is 13.4 Å². The number of hydrogen-bond acceptors (Lipinski definition) is 2. The zero-order chi connectivity index (χ0) is 13.7. The van der Waals surface area contributed by atoms with Gasteiger partial charge in [-0.05, 0) is 35.9 Å². The van der Waals surface area contributed by atoms with Gasteiger partial charge in [0.1, 0.15) is 0 Å². The predicted molar refractivity (Wildman–Crippen MR) is 79.1 cm³/mol. The Morgan fingerprint density at radius 3 is 2.42 bits per heavy atom. The Morgan fingerprint density at radius 1 is 1.00 bits per heavy atom. The second kappa shape index (κ2) is 6.50. The van der Waals surface area contributed by atoms with E-state index >= 15 is 0 Å². The third-order valence-electron chi connectivity index (χ3n) is 2.47. The van der Waals surface area contributed by atoms with Crippen molar-refractivity contribution in [2.24, 2.45) is 0 Å². The molecule has 0 aromatic heterocycles. The molecule has 2 nitrogen and oxygen atoms in total. The first-order valence-corrected chi connectivity index (χ1v) is 6.37. The van der Waals surface area contributed by atoms with Crippen molar-refractivity contribution >= 4 is 29.3 Å². The molecule has 2 rings (SSSR count). The highest BCUT2D eigenvalue weighted by molar-refractivity contribution is 6.35. The van der Waals surface area contributed by atoms with Crippen LogP contribution in [0.4, 0.5) is 0 Å². The van der Waals surface area contributed by atoms with E-state index < -0.39 is 0 Å². The van der Waals surface area contributed by atoms with Crippen LogP contribution in [-0.2, 0) is 0 Å². The van der Waals surface area contributed by atoms with Gasteiger partial charge in [-0.25, -0.2) is 0 Å². The summed E-state index contributed by atoms with van der Waals surface area (Å²) < 4.78 is 10.7. The minimum absolute atomic E-state index is 0.576. The van der Waals surface area contributed by atoms with E-state index in [1.165, 1.54) is 0 Å². The van der Waals surface area contributed by atoms with Crippen LogP contribution in [0.25, 0.3) is 6.08 Å². The molecule has 0 N–H and O–H groups in total. The standard InChI is InChI=1S/C15H12Cl2O2/c1-18-14-4-2-3-5-15(14)19-9-8-11-6-7-12(16)10-13(11)17/h2-10H,1H3. The van der Waals surface area contributed by atoms with Gasteiger partial charge in [-0.3, -0.25) is 0 Å². The molecule has 0 radical (unpaired) electrons. The van der Waals surface area contributed by atoms with E-state index in [4.69, 9.17) is 32.7 Å². The Labute approximate surface area is 122 Å². The summed E-state index contributed by atoms with van der Waals surface area (Å²) in [5, 5.41) is 1.18. The molecule has 0 unspecified atom stereocenters. The van der Waals surface area contributed by atoms with E-state index in [0.29, 0.717) is 21.5 Å². The Hall–Kier alpha value is -1.64. The number of methoxy groups -OCH3 is 1. The maximum atomic E-state index is 6.05. The third kappa shape index (κ3) is 3.66. The van der Waals surface area contributed by atoms with Gasteiger partial charge in [0.15, 0.2) is 11.5 Å². The summed E-state index contributed by atoms with van der Waals surface area (Å²) in [6, 6.07) is 12.7. The van der Waals surface area contributed by atoms with E-state index in [2.05, 4.69) is 0 Å². The Balaban J connectivity index is 2.11. The van der Waals surface area contributed by atoms with Crippen LogP contribution in [0.3, 0.4) is 0 Å². The van der Waals surface area contributed by atoms with Crippen LogP contribution in [0.2, 0.25) is 10.0 Å². The van der Waals surface area contributed by atoms with Crippen molar-refractivity contribution < 1.29 is 9.47 Å². The molecule has 0 amide bonds. The fourth-order valence-electron chi connectivity index (χ4n) is 1.53. The SMILES string of the molecule is COc1ccccc1OC=Cc1ccc(Cl)cc1Cl. The molecule has 0 saturated heterocycles. The average Bonchev–Trinajstić information content (AvgIpc) is 2.42. The molecule has 19 heavy (non-hydrogen) atoms. The lowest BCUT2D eigenvalue weighted by Gasteiger charge is -2.06. The van der Waals surface area contributed by atoms with Crippen molar-refractivity contribution in [1.82, 2.24) is 0 Å². The Morgan fingerprint density at radius 2 is 1.74 bits per heavy atom. The highest BCUT2D eigenvalue weighted by Gasteiger charge is 2.01. The number of halogens is 2. The first-order valence-electron chi connectivity index (χ1n) is 5.62. The zero-order valence-electron chi connectivity index (χ0n) is 10.3. The molecule has 0 aliphatic heterocycles. The molecule has 0 saturated carbocycles. The molecule has 0 fully saturated rings. The molecule has 0 aliphatic carbocycles. The minimum Gasteiger partial charge on any atom is -0.493 e. The van der Waals surface area contributed by atoms with Gasteiger partial charge in [0.2, 0.25) is 0 Å². The Kier molecular flexibility index (Phi) is 4.72. The van der Waals surface area contributed by atoms with Gasteiger partial charge in [-0.2, -0.15) is 0 Å². The average molecular weight is 295 g/mol. The molecule has 0 bridgehead atoms.